The van der Waals surface area contributed by atoms with Crippen LogP contribution in [0.15, 0.2) is 41.5 Å². The van der Waals surface area contributed by atoms with Crippen molar-refractivity contribution in [3.63, 3.8) is 0 Å². The number of pyridine rings is 1. The second kappa shape index (κ2) is 12.2. The Morgan fingerprint density at radius 3 is 2.55 bits per heavy atom. The van der Waals surface area contributed by atoms with E-state index in [-0.39, 0.29) is 29.9 Å². The number of rotatable bonds is 6. The molecule has 1 aromatic carbocycles. The maximum absolute atomic E-state index is 13.5. The van der Waals surface area contributed by atoms with E-state index in [4.69, 9.17) is 0 Å². The van der Waals surface area contributed by atoms with Gasteiger partial charge in [-0.15, -0.1) is 24.0 Å². The lowest BCUT2D eigenvalue weighted by Crippen LogP contribution is -2.49. The number of anilines is 1. The van der Waals surface area contributed by atoms with E-state index in [1.807, 2.05) is 27.0 Å². The van der Waals surface area contributed by atoms with Crippen molar-refractivity contribution >= 4 is 35.8 Å². The molecule has 1 aliphatic rings. The first-order valence-electron chi connectivity index (χ1n) is 10.6. The molecule has 1 fully saturated rings. The van der Waals surface area contributed by atoms with Crippen LogP contribution < -0.4 is 15.5 Å². The van der Waals surface area contributed by atoms with Crippen molar-refractivity contribution in [2.45, 2.75) is 45.6 Å². The van der Waals surface area contributed by atoms with Crippen LogP contribution in [0.25, 0.3) is 0 Å². The molecule has 0 bridgehead atoms. The lowest BCUT2D eigenvalue weighted by atomic mass is 10.0. The Bertz CT molecular complexity index is 852. The van der Waals surface area contributed by atoms with Crippen LogP contribution in [0.4, 0.5) is 14.6 Å². The molecule has 0 radical (unpaired) electrons. The zero-order valence-electron chi connectivity index (χ0n) is 18.4. The highest BCUT2D eigenvalue weighted by atomic mass is 127. The molecule has 0 aliphatic carbocycles. The lowest BCUT2D eigenvalue weighted by Gasteiger charge is -2.34. The molecule has 8 heteroatoms. The van der Waals surface area contributed by atoms with Crippen molar-refractivity contribution in [1.82, 2.24) is 15.6 Å². The molecule has 1 aromatic heterocycles. The first kappa shape index (κ1) is 25.3. The summed E-state index contributed by atoms with van der Waals surface area (Å²) in [6.45, 7) is 9.18. The van der Waals surface area contributed by atoms with Crippen molar-refractivity contribution in [3.8, 4) is 0 Å². The third-order valence-corrected chi connectivity index (χ3v) is 5.44. The minimum Gasteiger partial charge on any atom is -0.357 e. The Morgan fingerprint density at radius 2 is 1.94 bits per heavy atom. The van der Waals surface area contributed by atoms with Gasteiger partial charge in [0.2, 0.25) is 0 Å². The summed E-state index contributed by atoms with van der Waals surface area (Å²) in [6, 6.07) is 8.55. The normalized spacial score (nSPS) is 15.9. The number of piperidine rings is 1. The topological polar surface area (TPSA) is 52.6 Å². The minimum atomic E-state index is -0.823. The van der Waals surface area contributed by atoms with E-state index in [2.05, 4.69) is 37.6 Å². The minimum absolute atomic E-state index is 0. The number of hydrogen-bond acceptors (Lipinski definition) is 3. The molecular weight excluding hydrogens is 511 g/mol. The summed E-state index contributed by atoms with van der Waals surface area (Å²) >= 11 is 0. The largest absolute Gasteiger partial charge is 0.357 e. The van der Waals surface area contributed by atoms with Crippen LogP contribution in [0.3, 0.4) is 0 Å². The number of aryl methyl sites for hydroxylation is 1. The van der Waals surface area contributed by atoms with Gasteiger partial charge in [-0.25, -0.2) is 13.8 Å². The van der Waals surface area contributed by atoms with Crippen molar-refractivity contribution < 1.29 is 8.78 Å². The number of aromatic nitrogens is 1. The van der Waals surface area contributed by atoms with Gasteiger partial charge in [-0.3, -0.25) is 4.99 Å². The Morgan fingerprint density at radius 1 is 1.19 bits per heavy atom. The van der Waals surface area contributed by atoms with Crippen molar-refractivity contribution in [2.75, 3.05) is 31.1 Å². The zero-order chi connectivity index (χ0) is 21.5. The number of nitrogens with zero attached hydrogens (tertiary/aromatic N) is 3. The summed E-state index contributed by atoms with van der Waals surface area (Å²) in [4.78, 5) is 11.5. The molecule has 0 saturated carbocycles. The van der Waals surface area contributed by atoms with Crippen LogP contribution in [0.2, 0.25) is 0 Å². The quantitative estimate of drug-likeness (QED) is 0.318. The maximum Gasteiger partial charge on any atom is 0.191 e. The standard InChI is InChI=1S/C23H31F2N5.HI/c1-4-26-23(28-15-17(3)18-6-7-20(24)21(25)13-18)29-19-9-11-30(12-10-19)22-8-5-16(2)14-27-22;/h5-8,13-14,17,19H,4,9-12,15H2,1-3H3,(H2,26,28,29);1H. The number of benzene rings is 1. The molecule has 1 aliphatic heterocycles. The van der Waals surface area contributed by atoms with E-state index in [1.165, 1.54) is 17.7 Å². The molecule has 5 nitrogen and oxygen atoms in total. The molecule has 1 atom stereocenters. The molecule has 2 N–H and O–H groups in total. The lowest BCUT2D eigenvalue weighted by molar-refractivity contribution is 0.459. The van der Waals surface area contributed by atoms with Gasteiger partial charge in [0.15, 0.2) is 17.6 Å². The Balaban J connectivity index is 0.00000341. The summed E-state index contributed by atoms with van der Waals surface area (Å²) in [6.07, 6.45) is 3.90. The number of aliphatic imine (C=N–C) groups is 1. The van der Waals surface area contributed by atoms with Gasteiger partial charge in [-0.1, -0.05) is 19.1 Å². The fraction of sp³-hybridized carbons (Fsp3) is 0.478. The first-order chi connectivity index (χ1) is 14.5. The zero-order valence-corrected chi connectivity index (χ0v) is 20.7. The van der Waals surface area contributed by atoms with E-state index in [9.17, 15) is 8.78 Å². The van der Waals surface area contributed by atoms with Crippen LogP contribution in [0, 0.1) is 18.6 Å². The first-order valence-corrected chi connectivity index (χ1v) is 10.6. The van der Waals surface area contributed by atoms with Gasteiger partial charge in [0.05, 0.1) is 0 Å². The molecule has 1 unspecified atom stereocenters. The molecule has 3 rings (SSSR count). The van der Waals surface area contributed by atoms with E-state index >= 15 is 0 Å². The third kappa shape index (κ3) is 7.29. The summed E-state index contributed by atoms with van der Waals surface area (Å²) in [7, 11) is 0. The third-order valence-electron chi connectivity index (χ3n) is 5.44. The number of nitrogens with one attached hydrogen (secondary N) is 2. The predicted octanol–water partition coefficient (Wildman–Crippen LogP) is 4.61. The van der Waals surface area contributed by atoms with E-state index < -0.39 is 11.6 Å². The smallest absolute Gasteiger partial charge is 0.191 e. The summed E-state index contributed by atoms with van der Waals surface area (Å²) in [5.41, 5.74) is 1.91. The predicted molar refractivity (Wildman–Crippen MR) is 134 cm³/mol. The Labute approximate surface area is 200 Å². The van der Waals surface area contributed by atoms with E-state index in [0.717, 1.165) is 49.8 Å². The Hall–Kier alpha value is -1.97. The maximum atomic E-state index is 13.5. The average Bonchev–Trinajstić information content (AvgIpc) is 2.75. The summed E-state index contributed by atoms with van der Waals surface area (Å²) in [5, 5.41) is 6.81. The molecule has 0 spiro atoms. The van der Waals surface area contributed by atoms with Gasteiger partial charge in [0, 0.05) is 44.3 Å². The van der Waals surface area contributed by atoms with Crippen molar-refractivity contribution in [1.29, 1.82) is 0 Å². The average molecular weight is 543 g/mol. The van der Waals surface area contributed by atoms with Crippen LogP contribution in [0.5, 0.6) is 0 Å². The SMILES string of the molecule is CCNC(=NCC(C)c1ccc(F)c(F)c1)NC1CCN(c2ccc(C)cn2)CC1.I. The number of halogens is 3. The fourth-order valence-corrected chi connectivity index (χ4v) is 3.57. The molecule has 170 valence electrons. The monoisotopic (exact) mass is 543 g/mol. The van der Waals surface area contributed by atoms with Crippen molar-refractivity contribution in [2.24, 2.45) is 4.99 Å². The van der Waals surface area contributed by atoms with E-state index in [1.54, 1.807) is 6.07 Å². The highest BCUT2D eigenvalue weighted by Gasteiger charge is 2.21. The second-order valence-electron chi connectivity index (χ2n) is 7.89. The van der Waals surface area contributed by atoms with Crippen LogP contribution in [-0.4, -0.2) is 43.2 Å². The molecular formula is C23H32F2IN5. The highest BCUT2D eigenvalue weighted by Crippen LogP contribution is 2.19. The fourth-order valence-electron chi connectivity index (χ4n) is 3.57. The number of hydrogen-bond donors (Lipinski definition) is 2. The van der Waals surface area contributed by atoms with Crippen LogP contribution >= 0.6 is 24.0 Å². The van der Waals surface area contributed by atoms with Crippen LogP contribution in [-0.2, 0) is 0 Å². The van der Waals surface area contributed by atoms with Gasteiger partial charge < -0.3 is 15.5 Å². The molecule has 1 saturated heterocycles. The van der Waals surface area contributed by atoms with Gasteiger partial charge >= 0.3 is 0 Å². The molecule has 2 aromatic rings. The van der Waals surface area contributed by atoms with Gasteiger partial charge in [-0.05, 0) is 56.0 Å². The van der Waals surface area contributed by atoms with Gasteiger partial charge in [-0.2, -0.15) is 0 Å². The summed E-state index contributed by atoms with van der Waals surface area (Å²) in [5.74, 6) is 0.142. The Kier molecular flexibility index (Phi) is 9.93. The molecule has 31 heavy (non-hydrogen) atoms. The van der Waals surface area contributed by atoms with Crippen molar-refractivity contribution in [3.05, 3.63) is 59.3 Å². The van der Waals surface area contributed by atoms with Gasteiger partial charge in [0.25, 0.3) is 0 Å². The molecule has 0 amide bonds. The second-order valence-corrected chi connectivity index (χ2v) is 7.89. The summed E-state index contributed by atoms with van der Waals surface area (Å²) < 4.78 is 26.7. The molecule has 2 heterocycles. The highest BCUT2D eigenvalue weighted by molar-refractivity contribution is 14.0. The van der Waals surface area contributed by atoms with Crippen LogP contribution in [0.1, 0.15) is 43.7 Å². The van der Waals surface area contributed by atoms with E-state index in [0.29, 0.717) is 12.6 Å². The number of guanidine groups is 1. The van der Waals surface area contributed by atoms with Gasteiger partial charge in [0.1, 0.15) is 5.82 Å².